The Labute approximate surface area is 91.3 Å². The number of carbonyl (C=O) groups is 1. The average Bonchev–Trinajstić information content (AvgIpc) is 2.66. The van der Waals surface area contributed by atoms with Crippen molar-refractivity contribution in [3.05, 3.63) is 48.4 Å². The van der Waals surface area contributed by atoms with Crippen molar-refractivity contribution in [3.63, 3.8) is 0 Å². The predicted octanol–water partition coefficient (Wildman–Crippen LogP) is 1.59. The summed E-state index contributed by atoms with van der Waals surface area (Å²) in [6.45, 7) is 0. The van der Waals surface area contributed by atoms with Crippen LogP contribution in [0.3, 0.4) is 0 Å². The van der Waals surface area contributed by atoms with Gasteiger partial charge in [-0.3, -0.25) is 9.78 Å². The van der Waals surface area contributed by atoms with Crippen LogP contribution in [0.2, 0.25) is 0 Å². The maximum Gasteiger partial charge on any atom is 0.248 e. The van der Waals surface area contributed by atoms with E-state index in [4.69, 9.17) is 5.73 Å². The number of amides is 1. The topological polar surface area (TPSA) is 60.4 Å². The normalized spacial score (nSPS) is 11.0. The van der Waals surface area contributed by atoms with Crippen LogP contribution in [0.5, 0.6) is 0 Å². The standard InChI is InChI=1S/C12H9N3O/c13-12(16)9-2-1-8-5-10-7-14-3-4-15(10)11(8)6-9/h1-7H,(H2,13,16). The van der Waals surface area contributed by atoms with Crippen molar-refractivity contribution < 1.29 is 4.79 Å². The molecule has 0 aliphatic rings. The lowest BCUT2D eigenvalue weighted by Crippen LogP contribution is -2.10. The summed E-state index contributed by atoms with van der Waals surface area (Å²) < 4.78 is 1.98. The van der Waals surface area contributed by atoms with Crippen molar-refractivity contribution in [1.29, 1.82) is 0 Å². The summed E-state index contributed by atoms with van der Waals surface area (Å²) in [7, 11) is 0. The van der Waals surface area contributed by atoms with E-state index >= 15 is 0 Å². The van der Waals surface area contributed by atoms with Crippen molar-refractivity contribution >= 4 is 22.3 Å². The fourth-order valence-corrected chi connectivity index (χ4v) is 1.89. The fourth-order valence-electron chi connectivity index (χ4n) is 1.89. The van der Waals surface area contributed by atoms with E-state index in [-0.39, 0.29) is 0 Å². The molecule has 3 rings (SSSR count). The Hall–Kier alpha value is -2.36. The molecule has 16 heavy (non-hydrogen) atoms. The van der Waals surface area contributed by atoms with Crippen LogP contribution >= 0.6 is 0 Å². The van der Waals surface area contributed by atoms with Gasteiger partial charge in [0.15, 0.2) is 0 Å². The fraction of sp³-hybridized carbons (Fsp3) is 0. The molecular weight excluding hydrogens is 202 g/mol. The zero-order valence-electron chi connectivity index (χ0n) is 8.42. The molecule has 0 radical (unpaired) electrons. The van der Waals surface area contributed by atoms with E-state index in [1.807, 2.05) is 22.7 Å². The molecule has 1 aromatic carbocycles. The summed E-state index contributed by atoms with van der Waals surface area (Å²) in [5.74, 6) is -0.411. The maximum absolute atomic E-state index is 11.1. The molecule has 0 saturated carbocycles. The highest BCUT2D eigenvalue weighted by Gasteiger charge is 2.05. The number of nitrogens with two attached hydrogens (primary N) is 1. The molecule has 1 amide bonds. The van der Waals surface area contributed by atoms with Gasteiger partial charge in [0, 0.05) is 23.3 Å². The minimum Gasteiger partial charge on any atom is -0.366 e. The number of fused-ring (bicyclic) bond motifs is 3. The zero-order valence-corrected chi connectivity index (χ0v) is 8.42. The molecule has 0 aliphatic carbocycles. The van der Waals surface area contributed by atoms with Crippen molar-refractivity contribution in [1.82, 2.24) is 9.38 Å². The second kappa shape index (κ2) is 3.06. The predicted molar refractivity (Wildman–Crippen MR) is 61.2 cm³/mol. The van der Waals surface area contributed by atoms with Gasteiger partial charge in [0.2, 0.25) is 5.91 Å². The Balaban J connectivity index is 2.44. The van der Waals surface area contributed by atoms with Crippen molar-refractivity contribution in [2.45, 2.75) is 0 Å². The lowest BCUT2D eigenvalue weighted by Gasteiger charge is -1.98. The summed E-state index contributed by atoms with van der Waals surface area (Å²) in [6, 6.07) is 7.44. The first-order valence-corrected chi connectivity index (χ1v) is 4.90. The van der Waals surface area contributed by atoms with Gasteiger partial charge in [0.05, 0.1) is 17.2 Å². The first-order valence-electron chi connectivity index (χ1n) is 4.90. The van der Waals surface area contributed by atoms with Crippen LogP contribution < -0.4 is 5.73 Å². The van der Waals surface area contributed by atoms with Gasteiger partial charge in [-0.15, -0.1) is 0 Å². The smallest absolute Gasteiger partial charge is 0.248 e. The number of hydrogen-bond acceptors (Lipinski definition) is 2. The van der Waals surface area contributed by atoms with Gasteiger partial charge >= 0.3 is 0 Å². The van der Waals surface area contributed by atoms with E-state index in [2.05, 4.69) is 4.98 Å². The van der Waals surface area contributed by atoms with Crippen LogP contribution in [0.1, 0.15) is 10.4 Å². The molecule has 0 atom stereocenters. The van der Waals surface area contributed by atoms with Gasteiger partial charge in [0.1, 0.15) is 0 Å². The molecule has 78 valence electrons. The van der Waals surface area contributed by atoms with E-state index in [0.29, 0.717) is 5.56 Å². The SMILES string of the molecule is NC(=O)c1ccc2cc3cnccn3c2c1. The van der Waals surface area contributed by atoms with Crippen molar-refractivity contribution in [2.24, 2.45) is 5.73 Å². The molecule has 3 aromatic rings. The molecule has 0 bridgehead atoms. The first kappa shape index (κ1) is 8.91. The summed E-state index contributed by atoms with van der Waals surface area (Å²) in [5.41, 5.74) is 7.74. The Kier molecular flexibility index (Phi) is 1.71. The third-order valence-electron chi connectivity index (χ3n) is 2.66. The number of carbonyl (C=O) groups excluding carboxylic acids is 1. The highest BCUT2D eigenvalue weighted by Crippen LogP contribution is 2.20. The van der Waals surface area contributed by atoms with Gasteiger partial charge in [0.25, 0.3) is 0 Å². The third-order valence-corrected chi connectivity index (χ3v) is 2.66. The second-order valence-electron chi connectivity index (χ2n) is 3.65. The van der Waals surface area contributed by atoms with Crippen molar-refractivity contribution in [3.8, 4) is 0 Å². The molecule has 0 spiro atoms. The van der Waals surface area contributed by atoms with Crippen LogP contribution in [0, 0.1) is 0 Å². The highest BCUT2D eigenvalue weighted by molar-refractivity contribution is 5.98. The Morgan fingerprint density at radius 3 is 3.00 bits per heavy atom. The number of benzene rings is 1. The Morgan fingerprint density at radius 2 is 2.19 bits per heavy atom. The minimum absolute atomic E-state index is 0.411. The summed E-state index contributed by atoms with van der Waals surface area (Å²) in [5, 5.41) is 1.07. The molecule has 2 N–H and O–H groups in total. The van der Waals surface area contributed by atoms with E-state index < -0.39 is 5.91 Å². The van der Waals surface area contributed by atoms with Crippen LogP contribution in [0.4, 0.5) is 0 Å². The van der Waals surface area contributed by atoms with E-state index in [0.717, 1.165) is 16.4 Å². The van der Waals surface area contributed by atoms with E-state index in [1.54, 1.807) is 24.5 Å². The molecule has 4 nitrogen and oxygen atoms in total. The monoisotopic (exact) mass is 211 g/mol. The molecule has 2 aromatic heterocycles. The third kappa shape index (κ3) is 1.16. The van der Waals surface area contributed by atoms with Gasteiger partial charge in [-0.25, -0.2) is 0 Å². The minimum atomic E-state index is -0.411. The molecule has 2 heterocycles. The van der Waals surface area contributed by atoms with E-state index in [9.17, 15) is 4.79 Å². The number of rotatable bonds is 1. The molecule has 0 unspecified atom stereocenters. The highest BCUT2D eigenvalue weighted by atomic mass is 16.1. The summed E-state index contributed by atoms with van der Waals surface area (Å²) in [6.07, 6.45) is 5.36. The largest absolute Gasteiger partial charge is 0.366 e. The van der Waals surface area contributed by atoms with Crippen molar-refractivity contribution in [2.75, 3.05) is 0 Å². The zero-order chi connectivity index (χ0) is 11.1. The van der Waals surface area contributed by atoms with E-state index in [1.165, 1.54) is 0 Å². The first-order chi connectivity index (χ1) is 7.75. The number of nitrogens with zero attached hydrogens (tertiary/aromatic N) is 2. The molecular formula is C12H9N3O. The molecule has 0 saturated heterocycles. The van der Waals surface area contributed by atoms with Crippen LogP contribution in [-0.2, 0) is 0 Å². The second-order valence-corrected chi connectivity index (χ2v) is 3.65. The van der Waals surface area contributed by atoms with Gasteiger partial charge < -0.3 is 10.1 Å². The molecule has 0 fully saturated rings. The van der Waals surface area contributed by atoms with Gasteiger partial charge in [-0.05, 0) is 18.2 Å². The number of primary amides is 1. The van der Waals surface area contributed by atoms with Gasteiger partial charge in [-0.2, -0.15) is 0 Å². The van der Waals surface area contributed by atoms with Crippen LogP contribution in [-0.4, -0.2) is 15.3 Å². The quantitative estimate of drug-likeness (QED) is 0.664. The number of hydrogen-bond donors (Lipinski definition) is 1. The maximum atomic E-state index is 11.1. The lowest BCUT2D eigenvalue weighted by atomic mass is 10.1. The Bertz CT molecular complexity index is 700. The average molecular weight is 211 g/mol. The van der Waals surface area contributed by atoms with Crippen LogP contribution in [0.25, 0.3) is 16.4 Å². The number of aromatic nitrogens is 2. The Morgan fingerprint density at radius 1 is 1.31 bits per heavy atom. The lowest BCUT2D eigenvalue weighted by molar-refractivity contribution is 0.100. The molecule has 4 heteroatoms. The molecule has 0 aliphatic heterocycles. The summed E-state index contributed by atoms with van der Waals surface area (Å²) in [4.78, 5) is 15.2. The summed E-state index contributed by atoms with van der Waals surface area (Å²) >= 11 is 0. The van der Waals surface area contributed by atoms with Crippen LogP contribution in [0.15, 0.2) is 42.9 Å². The van der Waals surface area contributed by atoms with Gasteiger partial charge in [-0.1, -0.05) is 6.07 Å².